The third-order valence-corrected chi connectivity index (χ3v) is 2.97. The second kappa shape index (κ2) is 7.24. The van der Waals surface area contributed by atoms with Crippen molar-refractivity contribution in [2.75, 3.05) is 0 Å². The number of alkyl halides is 1. The lowest BCUT2D eigenvalue weighted by molar-refractivity contribution is 0.476. The Morgan fingerprint density at radius 2 is 1.55 bits per heavy atom. The summed E-state index contributed by atoms with van der Waals surface area (Å²) in [5.41, 5.74) is 0. The average Bonchev–Trinajstić information content (AvgIpc) is 2.00. The molecule has 0 fully saturated rings. The number of hydrogen-bond donors (Lipinski definition) is 0. The van der Waals surface area contributed by atoms with Crippen LogP contribution in [0, 0.1) is 0 Å². The van der Waals surface area contributed by atoms with Gasteiger partial charge in [0.2, 0.25) is 0 Å². The molecule has 0 aliphatic heterocycles. The van der Waals surface area contributed by atoms with Crippen molar-refractivity contribution < 1.29 is 0 Å². The Kier molecular flexibility index (Phi) is 9.30. The zero-order valence-electron chi connectivity index (χ0n) is 7.82. The molecule has 0 aromatic carbocycles. The summed E-state index contributed by atoms with van der Waals surface area (Å²) < 4.78 is 0. The first-order valence-corrected chi connectivity index (χ1v) is 4.75. The molecule has 0 amide bonds. The molecule has 11 heavy (non-hydrogen) atoms. The van der Waals surface area contributed by atoms with Crippen molar-refractivity contribution in [1.29, 1.82) is 0 Å². The van der Waals surface area contributed by atoms with E-state index in [1.165, 1.54) is 19.3 Å². The molecular weight excluding hydrogens is 179 g/mol. The van der Waals surface area contributed by atoms with Gasteiger partial charge in [0, 0.05) is 4.87 Å². The topological polar surface area (TPSA) is 0 Å². The van der Waals surface area contributed by atoms with Crippen LogP contribution in [-0.2, 0) is 0 Å². The van der Waals surface area contributed by atoms with Gasteiger partial charge in [0.25, 0.3) is 0 Å². The van der Waals surface area contributed by atoms with Crippen LogP contribution in [0.15, 0.2) is 0 Å². The molecule has 0 radical (unpaired) electrons. The van der Waals surface area contributed by atoms with Crippen molar-refractivity contribution in [3.8, 4) is 0 Å². The van der Waals surface area contributed by atoms with E-state index in [9.17, 15) is 0 Å². The monoisotopic (exact) mass is 198 g/mol. The van der Waals surface area contributed by atoms with Crippen molar-refractivity contribution in [2.45, 2.75) is 57.7 Å². The summed E-state index contributed by atoms with van der Waals surface area (Å²) in [4.78, 5) is 0.107. The van der Waals surface area contributed by atoms with E-state index in [1.54, 1.807) is 0 Å². The minimum atomic E-state index is 0. The Morgan fingerprint density at radius 1 is 1.09 bits per heavy atom. The quantitative estimate of drug-likeness (QED) is 0.576. The maximum absolute atomic E-state index is 6.29. The van der Waals surface area contributed by atoms with E-state index in [1.807, 2.05) is 0 Å². The van der Waals surface area contributed by atoms with Crippen LogP contribution in [0.2, 0.25) is 0 Å². The van der Waals surface area contributed by atoms with E-state index >= 15 is 0 Å². The predicted octanol–water partition coefficient (Wildman–Crippen LogP) is 4.40. The van der Waals surface area contributed by atoms with Gasteiger partial charge in [-0.1, -0.05) is 33.6 Å². The Morgan fingerprint density at radius 3 is 1.82 bits per heavy atom. The van der Waals surface area contributed by atoms with Crippen LogP contribution in [0.3, 0.4) is 0 Å². The normalized spacial score (nSPS) is 10.9. The van der Waals surface area contributed by atoms with Gasteiger partial charge in [0.1, 0.15) is 0 Å². The summed E-state index contributed by atoms with van der Waals surface area (Å²) in [6.45, 7) is 6.56. The molecule has 2 heteroatoms. The molecule has 0 unspecified atom stereocenters. The molecule has 0 rings (SSSR count). The van der Waals surface area contributed by atoms with Crippen molar-refractivity contribution >= 4 is 24.0 Å². The molecule has 0 aromatic heterocycles. The van der Waals surface area contributed by atoms with Gasteiger partial charge in [-0.25, -0.2) is 0 Å². The molecule has 0 heterocycles. The second-order valence-corrected chi connectivity index (χ2v) is 3.76. The highest BCUT2D eigenvalue weighted by molar-refractivity contribution is 6.23. The molecule has 0 aliphatic rings. The van der Waals surface area contributed by atoms with E-state index < -0.39 is 0 Å². The van der Waals surface area contributed by atoms with Crippen LogP contribution >= 0.6 is 24.0 Å². The SMILES string of the molecule is CCCCC(Cl)(CC)CC.Cl. The highest BCUT2D eigenvalue weighted by Crippen LogP contribution is 2.29. The summed E-state index contributed by atoms with van der Waals surface area (Å²) in [5.74, 6) is 0. The summed E-state index contributed by atoms with van der Waals surface area (Å²) >= 11 is 6.29. The zero-order valence-corrected chi connectivity index (χ0v) is 9.39. The molecule has 0 atom stereocenters. The van der Waals surface area contributed by atoms with Gasteiger partial charge in [0.15, 0.2) is 0 Å². The fourth-order valence-electron chi connectivity index (χ4n) is 1.10. The maximum atomic E-state index is 6.29. The van der Waals surface area contributed by atoms with E-state index in [4.69, 9.17) is 11.6 Å². The van der Waals surface area contributed by atoms with Crippen LogP contribution in [0.5, 0.6) is 0 Å². The van der Waals surface area contributed by atoms with Crippen molar-refractivity contribution in [1.82, 2.24) is 0 Å². The largest absolute Gasteiger partial charge is 0.147 e. The van der Waals surface area contributed by atoms with Crippen molar-refractivity contribution in [3.63, 3.8) is 0 Å². The third-order valence-electron chi connectivity index (χ3n) is 2.25. The number of rotatable bonds is 5. The Labute approximate surface area is 82.1 Å². The van der Waals surface area contributed by atoms with Gasteiger partial charge in [-0.15, -0.1) is 24.0 Å². The number of unbranched alkanes of at least 4 members (excludes halogenated alkanes) is 1. The maximum Gasteiger partial charge on any atom is 0.0441 e. The minimum Gasteiger partial charge on any atom is -0.147 e. The van der Waals surface area contributed by atoms with Gasteiger partial charge in [-0.3, -0.25) is 0 Å². The van der Waals surface area contributed by atoms with Gasteiger partial charge in [-0.2, -0.15) is 0 Å². The molecule has 0 saturated carbocycles. The van der Waals surface area contributed by atoms with Crippen LogP contribution in [0.4, 0.5) is 0 Å². The zero-order chi connectivity index (χ0) is 8.04. The summed E-state index contributed by atoms with van der Waals surface area (Å²) in [6, 6.07) is 0. The van der Waals surface area contributed by atoms with E-state index in [0.717, 1.165) is 12.8 Å². The molecule has 0 aliphatic carbocycles. The van der Waals surface area contributed by atoms with Gasteiger partial charge >= 0.3 is 0 Å². The first kappa shape index (κ1) is 14.1. The summed E-state index contributed by atoms with van der Waals surface area (Å²) in [7, 11) is 0. The molecule has 0 nitrogen and oxygen atoms in total. The Balaban J connectivity index is 0. The lowest BCUT2D eigenvalue weighted by Gasteiger charge is -2.23. The van der Waals surface area contributed by atoms with Gasteiger partial charge in [-0.05, 0) is 19.3 Å². The highest BCUT2D eigenvalue weighted by atomic mass is 35.5. The third kappa shape index (κ3) is 5.81. The van der Waals surface area contributed by atoms with Gasteiger partial charge in [0.05, 0.1) is 0 Å². The van der Waals surface area contributed by atoms with Crippen molar-refractivity contribution in [3.05, 3.63) is 0 Å². The molecule has 0 N–H and O–H groups in total. The summed E-state index contributed by atoms with van der Waals surface area (Å²) in [5, 5.41) is 0. The second-order valence-electron chi connectivity index (χ2n) is 2.96. The predicted molar refractivity (Wildman–Crippen MR) is 55.9 cm³/mol. The van der Waals surface area contributed by atoms with Crippen LogP contribution in [-0.4, -0.2) is 4.87 Å². The molecule has 0 saturated heterocycles. The molecule has 0 spiro atoms. The fraction of sp³-hybridized carbons (Fsp3) is 1.00. The van der Waals surface area contributed by atoms with E-state index in [-0.39, 0.29) is 17.3 Å². The molecule has 0 bridgehead atoms. The van der Waals surface area contributed by atoms with Crippen LogP contribution in [0.25, 0.3) is 0 Å². The highest BCUT2D eigenvalue weighted by Gasteiger charge is 2.20. The number of halogens is 2. The Hall–Kier alpha value is 0.580. The standard InChI is InChI=1S/C9H19Cl.ClH/c1-4-7-8-9(10,5-2)6-3;/h4-8H2,1-3H3;1H. The van der Waals surface area contributed by atoms with E-state index in [0.29, 0.717) is 0 Å². The first-order valence-electron chi connectivity index (χ1n) is 4.37. The average molecular weight is 199 g/mol. The van der Waals surface area contributed by atoms with Crippen molar-refractivity contribution in [2.24, 2.45) is 0 Å². The van der Waals surface area contributed by atoms with Crippen LogP contribution < -0.4 is 0 Å². The smallest absolute Gasteiger partial charge is 0.0441 e. The van der Waals surface area contributed by atoms with Gasteiger partial charge < -0.3 is 0 Å². The first-order chi connectivity index (χ1) is 4.68. The molecule has 70 valence electrons. The lowest BCUT2D eigenvalue weighted by atomic mass is 9.96. The molecular formula is C9H20Cl2. The van der Waals surface area contributed by atoms with Crippen LogP contribution in [0.1, 0.15) is 52.9 Å². The molecule has 0 aromatic rings. The lowest BCUT2D eigenvalue weighted by Crippen LogP contribution is -2.18. The number of hydrogen-bond acceptors (Lipinski definition) is 0. The van der Waals surface area contributed by atoms with E-state index in [2.05, 4.69) is 20.8 Å². The Bertz CT molecular complexity index is 77.6. The minimum absolute atomic E-state index is 0. The summed E-state index contributed by atoms with van der Waals surface area (Å²) in [6.07, 6.45) is 5.91. The fourth-order valence-corrected chi connectivity index (χ4v) is 1.23.